The molecule has 1 aliphatic heterocycles. The van der Waals surface area contributed by atoms with Crippen LogP contribution in [0.3, 0.4) is 0 Å². The van der Waals surface area contributed by atoms with Crippen molar-refractivity contribution in [2.75, 3.05) is 6.54 Å². The molecular formula is C25H30FNO4. The second-order valence-electron chi connectivity index (χ2n) is 10.6. The Morgan fingerprint density at radius 2 is 1.81 bits per heavy atom. The smallest absolute Gasteiger partial charge is 0.326 e. The van der Waals surface area contributed by atoms with Crippen LogP contribution in [0.1, 0.15) is 79.6 Å². The first kappa shape index (κ1) is 19.6. The number of carbonyl (C=O) groups is 2. The lowest BCUT2D eigenvalue weighted by Crippen LogP contribution is -2.43. The van der Waals surface area contributed by atoms with Gasteiger partial charge < -0.3 is 14.7 Å². The number of nitrogens with zero attached hydrogens (tertiary/aromatic N) is 1. The largest absolute Gasteiger partial charge is 0.489 e. The summed E-state index contributed by atoms with van der Waals surface area (Å²) in [6, 6.07) is 2.22. The Balaban J connectivity index is 1.30. The third-order valence-corrected chi connectivity index (χ3v) is 8.69. The average Bonchev–Trinajstić information content (AvgIpc) is 3.39. The van der Waals surface area contributed by atoms with Gasteiger partial charge in [0.2, 0.25) is 0 Å². The summed E-state index contributed by atoms with van der Waals surface area (Å²) in [5, 5.41) is 9.42. The molecule has 5 aliphatic rings. The van der Waals surface area contributed by atoms with Gasteiger partial charge >= 0.3 is 5.97 Å². The molecule has 166 valence electrons. The highest BCUT2D eigenvalue weighted by molar-refractivity contribution is 5.97. The number of benzene rings is 1. The molecule has 4 aliphatic carbocycles. The van der Waals surface area contributed by atoms with Crippen molar-refractivity contribution in [3.05, 3.63) is 29.1 Å². The molecule has 4 saturated carbocycles. The number of aliphatic carboxylic acids is 1. The van der Waals surface area contributed by atoms with E-state index in [4.69, 9.17) is 4.74 Å². The van der Waals surface area contributed by atoms with Crippen molar-refractivity contribution in [2.24, 2.45) is 23.7 Å². The van der Waals surface area contributed by atoms with Crippen LogP contribution >= 0.6 is 0 Å². The molecule has 1 saturated heterocycles. The van der Waals surface area contributed by atoms with Gasteiger partial charge in [-0.2, -0.15) is 0 Å². The van der Waals surface area contributed by atoms with E-state index >= 15 is 4.39 Å². The van der Waals surface area contributed by atoms with Crippen LogP contribution in [-0.4, -0.2) is 40.6 Å². The molecule has 1 amide bonds. The Kier molecular flexibility index (Phi) is 4.55. The van der Waals surface area contributed by atoms with Gasteiger partial charge in [-0.1, -0.05) is 0 Å². The summed E-state index contributed by atoms with van der Waals surface area (Å²) >= 11 is 0. The van der Waals surface area contributed by atoms with Crippen molar-refractivity contribution >= 4 is 11.9 Å². The summed E-state index contributed by atoms with van der Waals surface area (Å²) in [7, 11) is 0. The molecule has 6 rings (SSSR count). The Hall–Kier alpha value is -2.11. The van der Waals surface area contributed by atoms with Crippen LogP contribution in [0.2, 0.25) is 0 Å². The summed E-state index contributed by atoms with van der Waals surface area (Å²) < 4.78 is 21.8. The molecule has 0 radical (unpaired) electrons. The van der Waals surface area contributed by atoms with E-state index in [1.165, 1.54) is 43.1 Å². The summed E-state index contributed by atoms with van der Waals surface area (Å²) in [6.45, 7) is 0.361. The summed E-state index contributed by atoms with van der Waals surface area (Å²) in [4.78, 5) is 25.9. The molecule has 1 heterocycles. The minimum Gasteiger partial charge on any atom is -0.489 e. The zero-order valence-electron chi connectivity index (χ0n) is 17.8. The standard InChI is InChI=1S/C25H30FNO4/c26-20-12-22(31-23-16-6-5-15-8-13(9-16)10-18(15)23)17(14-3-4-14)11-19(20)24(28)27-7-1-2-21(27)25(29)30/h11-16,18,21,23H,1-10H2,(H,29,30)/t13?,15?,16?,18?,21-,23?/m0/s1. The fourth-order valence-corrected chi connectivity index (χ4v) is 7.13. The quantitative estimate of drug-likeness (QED) is 0.746. The van der Waals surface area contributed by atoms with Crippen molar-refractivity contribution in [1.29, 1.82) is 0 Å². The van der Waals surface area contributed by atoms with Gasteiger partial charge in [0.1, 0.15) is 23.7 Å². The number of hydrogen-bond acceptors (Lipinski definition) is 3. The molecule has 1 aromatic rings. The molecule has 6 atom stereocenters. The number of halogens is 1. The zero-order valence-corrected chi connectivity index (χ0v) is 17.8. The van der Waals surface area contributed by atoms with Gasteiger partial charge in [-0.25, -0.2) is 9.18 Å². The van der Waals surface area contributed by atoms with Crippen molar-refractivity contribution in [1.82, 2.24) is 4.90 Å². The van der Waals surface area contributed by atoms with E-state index in [-0.39, 0.29) is 11.7 Å². The number of rotatable bonds is 5. The van der Waals surface area contributed by atoms with Gasteiger partial charge in [-0.3, -0.25) is 4.79 Å². The normalized spacial score (nSPS) is 36.1. The molecule has 5 fully saturated rings. The maximum Gasteiger partial charge on any atom is 0.326 e. The first-order valence-electron chi connectivity index (χ1n) is 12.0. The summed E-state index contributed by atoms with van der Waals surface area (Å²) in [5.41, 5.74) is 0.931. The van der Waals surface area contributed by atoms with Crippen LogP contribution in [0, 0.1) is 29.5 Å². The SMILES string of the molecule is O=C(O)[C@@H]1CCCN1C(=O)c1cc(C2CC2)c(OC2C3CCC4CC(C3)CC42)cc1F. The second-order valence-corrected chi connectivity index (χ2v) is 10.6. The first-order valence-corrected chi connectivity index (χ1v) is 12.0. The summed E-state index contributed by atoms with van der Waals surface area (Å²) in [5.74, 6) is 1.58. The van der Waals surface area contributed by atoms with Gasteiger partial charge in [0.25, 0.3) is 5.91 Å². The van der Waals surface area contributed by atoms with Crippen LogP contribution in [0.4, 0.5) is 4.39 Å². The summed E-state index contributed by atoms with van der Waals surface area (Å²) in [6.07, 6.45) is 9.62. The maximum absolute atomic E-state index is 15.2. The molecule has 5 unspecified atom stereocenters. The minimum atomic E-state index is -1.02. The first-order chi connectivity index (χ1) is 15.0. The fraction of sp³-hybridized carbons (Fsp3) is 0.680. The topological polar surface area (TPSA) is 66.8 Å². The third-order valence-electron chi connectivity index (χ3n) is 8.69. The molecule has 31 heavy (non-hydrogen) atoms. The van der Waals surface area contributed by atoms with E-state index in [2.05, 4.69) is 0 Å². The zero-order chi connectivity index (χ0) is 21.3. The van der Waals surface area contributed by atoms with Crippen molar-refractivity contribution < 1.29 is 23.8 Å². The maximum atomic E-state index is 15.2. The Bertz CT molecular complexity index is 928. The average molecular weight is 428 g/mol. The van der Waals surface area contributed by atoms with E-state index in [0.29, 0.717) is 42.9 Å². The highest BCUT2D eigenvalue weighted by atomic mass is 19.1. The molecule has 1 aromatic carbocycles. The second kappa shape index (κ2) is 7.21. The van der Waals surface area contributed by atoms with Crippen molar-refractivity contribution in [3.63, 3.8) is 0 Å². The highest BCUT2D eigenvalue weighted by Gasteiger charge is 2.51. The molecule has 1 N–H and O–H groups in total. The lowest BCUT2D eigenvalue weighted by Gasteiger charge is -2.42. The number of hydrogen-bond donors (Lipinski definition) is 1. The van der Waals surface area contributed by atoms with Crippen LogP contribution < -0.4 is 4.74 Å². The van der Waals surface area contributed by atoms with Gasteiger partial charge in [-0.05, 0) is 99.0 Å². The van der Waals surface area contributed by atoms with Crippen LogP contribution in [0.5, 0.6) is 5.75 Å². The lowest BCUT2D eigenvalue weighted by molar-refractivity contribution is -0.141. The van der Waals surface area contributed by atoms with Gasteiger partial charge in [0, 0.05) is 12.6 Å². The Morgan fingerprint density at radius 3 is 2.58 bits per heavy atom. The van der Waals surface area contributed by atoms with Gasteiger partial charge in [-0.15, -0.1) is 0 Å². The predicted molar refractivity (Wildman–Crippen MR) is 112 cm³/mol. The van der Waals surface area contributed by atoms with Crippen molar-refractivity contribution in [3.8, 4) is 5.75 Å². The van der Waals surface area contributed by atoms with Gasteiger partial charge in [0.15, 0.2) is 0 Å². The number of carboxylic acid groups (broad SMARTS) is 1. The van der Waals surface area contributed by atoms with Crippen molar-refractivity contribution in [2.45, 2.75) is 75.9 Å². The minimum absolute atomic E-state index is 0.00602. The number of fused-ring (bicyclic) bond motifs is 2. The highest BCUT2D eigenvalue weighted by Crippen LogP contribution is 2.56. The molecule has 5 nitrogen and oxygen atoms in total. The monoisotopic (exact) mass is 427 g/mol. The Morgan fingerprint density at radius 1 is 1.03 bits per heavy atom. The van der Waals surface area contributed by atoms with Crippen LogP contribution in [0.25, 0.3) is 0 Å². The predicted octanol–water partition coefficient (Wildman–Crippen LogP) is 4.60. The van der Waals surface area contributed by atoms with E-state index < -0.39 is 23.7 Å². The van der Waals surface area contributed by atoms with E-state index in [1.807, 2.05) is 0 Å². The molecule has 0 spiro atoms. The number of carboxylic acids is 1. The third kappa shape index (κ3) is 3.25. The molecule has 0 aromatic heterocycles. The van der Waals surface area contributed by atoms with Crippen LogP contribution in [0.15, 0.2) is 12.1 Å². The molecule has 6 heteroatoms. The molecule has 3 bridgehead atoms. The number of amides is 1. The number of ether oxygens (including phenoxy) is 1. The van der Waals surface area contributed by atoms with E-state index in [9.17, 15) is 14.7 Å². The Labute approximate surface area is 181 Å². The number of likely N-dealkylation sites (tertiary alicyclic amines) is 1. The lowest BCUT2D eigenvalue weighted by atomic mass is 9.70. The van der Waals surface area contributed by atoms with Crippen LogP contribution in [-0.2, 0) is 4.79 Å². The number of carbonyl (C=O) groups excluding carboxylic acids is 1. The van der Waals surface area contributed by atoms with E-state index in [0.717, 1.165) is 30.2 Å². The fourth-order valence-electron chi connectivity index (χ4n) is 7.13. The molecular weight excluding hydrogens is 397 g/mol. The van der Waals surface area contributed by atoms with Gasteiger partial charge in [0.05, 0.1) is 5.56 Å². The van der Waals surface area contributed by atoms with E-state index in [1.54, 1.807) is 6.07 Å².